The number of likely N-dealkylation sites (N-methyl/N-ethyl adjacent to an activating group) is 1. The van der Waals surface area contributed by atoms with E-state index in [0.29, 0.717) is 23.9 Å². The Labute approximate surface area is 541 Å². The van der Waals surface area contributed by atoms with Crippen LogP contribution in [0, 0.1) is 0 Å². The molecule has 0 saturated heterocycles. The smallest absolute Gasteiger partial charge is 0.306 e. The quantitative estimate of drug-likeness (QED) is 0.0195. The van der Waals surface area contributed by atoms with E-state index >= 15 is 0 Å². The van der Waals surface area contributed by atoms with E-state index in [4.69, 9.17) is 18.9 Å². The van der Waals surface area contributed by atoms with Gasteiger partial charge < -0.3 is 33.3 Å². The molecule has 0 aliphatic heterocycles. The Morgan fingerprint density at radius 2 is 0.621 bits per heavy atom. The van der Waals surface area contributed by atoms with Crippen LogP contribution >= 0.6 is 0 Å². The Morgan fingerprint density at radius 1 is 0.345 bits per heavy atom. The lowest BCUT2D eigenvalue weighted by Gasteiger charge is -2.26. The van der Waals surface area contributed by atoms with Crippen molar-refractivity contribution in [3.8, 4) is 0 Å². The molecule has 0 saturated carbocycles. The zero-order valence-corrected chi connectivity index (χ0v) is 58.9. The van der Waals surface area contributed by atoms with Gasteiger partial charge in [-0.25, -0.2) is 0 Å². The average molecular weight is 1230 g/mol. The van der Waals surface area contributed by atoms with Gasteiger partial charge >= 0.3 is 11.9 Å². The third kappa shape index (κ3) is 71.1. The van der Waals surface area contributed by atoms with E-state index in [1.165, 1.54) is 321 Å². The van der Waals surface area contributed by atoms with Crippen molar-refractivity contribution in [3.05, 3.63) is 24.3 Å². The molecule has 9 nitrogen and oxygen atoms in total. The maximum absolute atomic E-state index is 12.9. The molecule has 0 heterocycles. The second-order valence-electron chi connectivity index (χ2n) is 27.7. The predicted octanol–water partition coefficient (Wildman–Crippen LogP) is 22.8. The molecule has 87 heavy (non-hydrogen) atoms. The maximum atomic E-state index is 12.9. The van der Waals surface area contributed by atoms with E-state index in [1.54, 1.807) is 0 Å². The van der Waals surface area contributed by atoms with Crippen molar-refractivity contribution in [1.82, 2.24) is 0 Å². The van der Waals surface area contributed by atoms with Gasteiger partial charge in [-0.3, -0.25) is 9.59 Å². The molecule has 9 heteroatoms. The summed E-state index contributed by atoms with van der Waals surface area (Å²) in [5.74, 6) is -2.26. The number of esters is 2. The van der Waals surface area contributed by atoms with Gasteiger partial charge in [-0.05, 0) is 44.9 Å². The molecule has 0 N–H and O–H groups in total. The van der Waals surface area contributed by atoms with Crippen molar-refractivity contribution < 1.29 is 42.9 Å². The zero-order chi connectivity index (χ0) is 63.3. The van der Waals surface area contributed by atoms with Gasteiger partial charge in [0.15, 0.2) is 12.4 Å². The second-order valence-corrected chi connectivity index (χ2v) is 27.7. The summed E-state index contributed by atoms with van der Waals surface area (Å²) in [5.41, 5.74) is 0. The largest absolute Gasteiger partial charge is 0.545 e. The number of hydrogen-bond donors (Lipinski definition) is 0. The highest BCUT2D eigenvalue weighted by Gasteiger charge is 2.22. The molecule has 0 bridgehead atoms. The zero-order valence-electron chi connectivity index (χ0n) is 58.9. The number of hydrogen-bond acceptors (Lipinski definition) is 8. The summed E-state index contributed by atoms with van der Waals surface area (Å²) in [5, 5.41) is 11.8. The van der Waals surface area contributed by atoms with Gasteiger partial charge in [-0.2, -0.15) is 0 Å². The minimum absolute atomic E-state index is 0.150. The van der Waals surface area contributed by atoms with Crippen molar-refractivity contribution in [2.75, 3.05) is 47.5 Å². The standard InChI is InChI=1S/C78H149NO8/c1-6-8-10-12-14-16-18-20-22-24-26-28-30-31-32-33-34-35-36-37-38-39-40-41-42-43-44-45-47-48-50-52-54-56-58-60-62-64-66-68-75(80)85-72-74(73-86-78(77(82)83)84-71-70-79(3,4)5)87-76(81)69-67-65-63-61-59-57-55-53-51-49-46-29-27-25-23-21-19-17-15-13-11-9-7-2/h19,21,25,27,74,78H,6-18,20,22-24,26,28-73H2,1-5H3/b21-19-,27-25-. The number of carboxylic acids is 1. The Hall–Kier alpha value is -2.23. The molecule has 0 aliphatic rings. The van der Waals surface area contributed by atoms with Gasteiger partial charge in [0.05, 0.1) is 40.3 Å². The summed E-state index contributed by atoms with van der Waals surface area (Å²) in [6, 6.07) is 0. The molecule has 0 aromatic heterocycles. The molecule has 0 rings (SSSR count). The summed E-state index contributed by atoms with van der Waals surface area (Å²) in [6.45, 7) is 4.81. The molecule has 0 spiro atoms. The number of quaternary nitrogens is 1. The molecular formula is C78H149NO8. The number of aliphatic carboxylic acids is 1. The van der Waals surface area contributed by atoms with Crippen LogP contribution in [0.4, 0.5) is 0 Å². The number of rotatable bonds is 73. The Kier molecular flexibility index (Phi) is 67.9. The lowest BCUT2D eigenvalue weighted by Crippen LogP contribution is -2.44. The van der Waals surface area contributed by atoms with Crippen LogP contribution in [0.2, 0.25) is 0 Å². The first-order valence-corrected chi connectivity index (χ1v) is 38.5. The van der Waals surface area contributed by atoms with Crippen molar-refractivity contribution >= 4 is 17.9 Å². The molecule has 2 atom stereocenters. The fraction of sp³-hybridized carbons (Fsp3) is 0.910. The summed E-state index contributed by atoms with van der Waals surface area (Å²) in [7, 11) is 5.95. The first-order valence-electron chi connectivity index (χ1n) is 38.5. The van der Waals surface area contributed by atoms with Gasteiger partial charge in [-0.15, -0.1) is 0 Å². The first kappa shape index (κ1) is 84.8. The fourth-order valence-corrected chi connectivity index (χ4v) is 11.8. The lowest BCUT2D eigenvalue weighted by atomic mass is 10.0. The van der Waals surface area contributed by atoms with Crippen LogP contribution < -0.4 is 5.11 Å². The van der Waals surface area contributed by atoms with Gasteiger partial charge in [-0.1, -0.05) is 366 Å². The summed E-state index contributed by atoms with van der Waals surface area (Å²) in [6.07, 6.45) is 84.5. The van der Waals surface area contributed by atoms with Crippen LogP contribution in [0.1, 0.15) is 399 Å². The van der Waals surface area contributed by atoms with Crippen molar-refractivity contribution in [3.63, 3.8) is 0 Å². The molecule has 2 unspecified atom stereocenters. The van der Waals surface area contributed by atoms with E-state index in [1.807, 2.05) is 21.1 Å². The van der Waals surface area contributed by atoms with Crippen molar-refractivity contribution in [2.24, 2.45) is 0 Å². The minimum Gasteiger partial charge on any atom is -0.545 e. The number of unbranched alkanes of at least 4 members (excludes halogenated alkanes) is 54. The fourth-order valence-electron chi connectivity index (χ4n) is 11.8. The van der Waals surface area contributed by atoms with E-state index in [9.17, 15) is 19.5 Å². The Morgan fingerprint density at radius 3 is 0.908 bits per heavy atom. The van der Waals surface area contributed by atoms with Crippen LogP contribution in [0.15, 0.2) is 24.3 Å². The van der Waals surface area contributed by atoms with Gasteiger partial charge in [0.25, 0.3) is 0 Å². The highest BCUT2D eigenvalue weighted by molar-refractivity contribution is 5.70. The maximum Gasteiger partial charge on any atom is 0.306 e. The topological polar surface area (TPSA) is 111 Å². The number of allylic oxidation sites excluding steroid dienone is 4. The summed E-state index contributed by atoms with van der Waals surface area (Å²) < 4.78 is 22.8. The van der Waals surface area contributed by atoms with Crippen molar-refractivity contribution in [2.45, 2.75) is 411 Å². The molecule has 0 fully saturated rings. The summed E-state index contributed by atoms with van der Waals surface area (Å²) in [4.78, 5) is 37.5. The van der Waals surface area contributed by atoms with Crippen LogP contribution in [0.5, 0.6) is 0 Å². The molecule has 0 aliphatic carbocycles. The van der Waals surface area contributed by atoms with E-state index < -0.39 is 24.3 Å². The molecule has 0 radical (unpaired) electrons. The monoisotopic (exact) mass is 1230 g/mol. The van der Waals surface area contributed by atoms with Crippen LogP contribution in [0.3, 0.4) is 0 Å². The van der Waals surface area contributed by atoms with Gasteiger partial charge in [0.2, 0.25) is 0 Å². The Balaban J connectivity index is 3.93. The number of carbonyl (C=O) groups is 3. The highest BCUT2D eigenvalue weighted by Crippen LogP contribution is 2.20. The Bertz CT molecular complexity index is 1480. The van der Waals surface area contributed by atoms with E-state index in [2.05, 4.69) is 38.2 Å². The van der Waals surface area contributed by atoms with Gasteiger partial charge in [0, 0.05) is 12.8 Å². The third-order valence-corrected chi connectivity index (χ3v) is 17.7. The minimum atomic E-state index is -1.62. The molecule has 0 amide bonds. The van der Waals surface area contributed by atoms with Gasteiger partial charge in [0.1, 0.15) is 13.2 Å². The van der Waals surface area contributed by atoms with Crippen molar-refractivity contribution in [1.29, 1.82) is 0 Å². The SMILES string of the molecule is CCCCCCC/C=C\C/C=C\CCCCCCCCCCCCCC(=O)OC(COC(=O)CCCCCCCCCCCCCCCCCCCCCCCCCCCCCCCCCCCCCCCCC)COC(OCC[N+](C)(C)C)C(=O)[O-]. The average Bonchev–Trinajstić information content (AvgIpc) is 3.50. The van der Waals surface area contributed by atoms with Crippen LogP contribution in [-0.4, -0.2) is 82.3 Å². The van der Waals surface area contributed by atoms with E-state index in [0.717, 1.165) is 44.9 Å². The number of ether oxygens (including phenoxy) is 4. The molecular weight excluding hydrogens is 1080 g/mol. The number of carboxylic acid groups (broad SMARTS) is 1. The second kappa shape index (κ2) is 69.7. The van der Waals surface area contributed by atoms with E-state index in [-0.39, 0.29) is 32.2 Å². The molecule has 514 valence electrons. The lowest BCUT2D eigenvalue weighted by molar-refractivity contribution is -0.870. The number of nitrogens with zero attached hydrogens (tertiary/aromatic N) is 1. The first-order chi connectivity index (χ1) is 42.6. The highest BCUT2D eigenvalue weighted by atomic mass is 16.7. The normalized spacial score (nSPS) is 12.7. The molecule has 0 aromatic rings. The third-order valence-electron chi connectivity index (χ3n) is 17.7. The van der Waals surface area contributed by atoms with Crippen LogP contribution in [-0.2, 0) is 33.3 Å². The number of carbonyl (C=O) groups excluding carboxylic acids is 3. The van der Waals surface area contributed by atoms with Crippen LogP contribution in [0.25, 0.3) is 0 Å². The summed E-state index contributed by atoms with van der Waals surface area (Å²) >= 11 is 0. The molecule has 0 aromatic carbocycles. The predicted molar refractivity (Wildman–Crippen MR) is 371 cm³/mol.